The van der Waals surface area contributed by atoms with Gasteiger partial charge in [-0.3, -0.25) is 14.5 Å². The first-order chi connectivity index (χ1) is 19.8. The number of amides is 3. The van der Waals surface area contributed by atoms with Gasteiger partial charge in [0.05, 0.1) is 18.8 Å². The maximum atomic E-state index is 14.2. The summed E-state index contributed by atoms with van der Waals surface area (Å²) < 4.78 is 16.3. The van der Waals surface area contributed by atoms with Gasteiger partial charge in [0.2, 0.25) is 11.8 Å². The SMILES string of the molecule is CCOC(=O)C(C)=C[C@H](C(C)C)N(C)C(=O)[C@@H](NC(=O)[C@@H](N(C)C(=O)OC(C)(C)C)C(C)(C)c1ccccc1)C(C)OC. The zero-order valence-electron chi connectivity index (χ0n) is 28.3. The molecule has 0 fully saturated rings. The number of esters is 1. The average Bonchev–Trinajstić information content (AvgIpc) is 2.92. The molecular weight excluding hydrogens is 550 g/mol. The number of carbonyl (C=O) groups excluding carboxylic acids is 4. The summed E-state index contributed by atoms with van der Waals surface area (Å²) in [4.78, 5) is 56.6. The number of benzene rings is 1. The van der Waals surface area contributed by atoms with Gasteiger partial charge in [-0.25, -0.2) is 9.59 Å². The van der Waals surface area contributed by atoms with Gasteiger partial charge in [-0.15, -0.1) is 0 Å². The molecule has 1 rings (SSSR count). The Morgan fingerprint density at radius 2 is 1.51 bits per heavy atom. The third kappa shape index (κ3) is 10.4. The molecule has 0 radical (unpaired) electrons. The minimum absolute atomic E-state index is 0.0596. The van der Waals surface area contributed by atoms with Crippen LogP contribution in [0.1, 0.15) is 74.8 Å². The van der Waals surface area contributed by atoms with Crippen LogP contribution in [0.5, 0.6) is 0 Å². The molecular formula is C33H53N3O7. The molecule has 0 aliphatic carbocycles. The Morgan fingerprint density at radius 3 is 1.98 bits per heavy atom. The molecule has 3 amide bonds. The van der Waals surface area contributed by atoms with Crippen molar-refractivity contribution in [3.8, 4) is 0 Å². The highest BCUT2D eigenvalue weighted by molar-refractivity contribution is 5.93. The summed E-state index contributed by atoms with van der Waals surface area (Å²) in [5.74, 6) is -1.47. The van der Waals surface area contributed by atoms with Gasteiger partial charge in [0.1, 0.15) is 17.7 Å². The second-order valence-corrected chi connectivity index (χ2v) is 12.8. The van der Waals surface area contributed by atoms with Gasteiger partial charge in [0.25, 0.3) is 0 Å². The molecule has 0 saturated carbocycles. The van der Waals surface area contributed by atoms with Gasteiger partial charge in [-0.1, -0.05) is 64.1 Å². The topological polar surface area (TPSA) is 114 Å². The minimum atomic E-state index is -1.10. The number of methoxy groups -OCH3 is 1. The van der Waals surface area contributed by atoms with E-state index in [2.05, 4.69) is 5.32 Å². The van der Waals surface area contributed by atoms with Crippen LogP contribution in [0.25, 0.3) is 0 Å². The third-order valence-electron chi connectivity index (χ3n) is 7.42. The van der Waals surface area contributed by atoms with Crippen LogP contribution in [-0.2, 0) is 34.0 Å². The van der Waals surface area contributed by atoms with E-state index in [1.807, 2.05) is 58.0 Å². The lowest BCUT2D eigenvalue weighted by molar-refractivity contribution is -0.142. The van der Waals surface area contributed by atoms with Gasteiger partial charge >= 0.3 is 12.1 Å². The number of carbonyl (C=O) groups is 4. The van der Waals surface area contributed by atoms with Crippen molar-refractivity contribution in [1.82, 2.24) is 15.1 Å². The number of rotatable bonds is 13. The van der Waals surface area contributed by atoms with Crippen LogP contribution in [0.4, 0.5) is 4.79 Å². The molecule has 0 bridgehead atoms. The molecule has 0 aliphatic heterocycles. The summed E-state index contributed by atoms with van der Waals surface area (Å²) in [6.07, 6.45) is 0.319. The lowest BCUT2D eigenvalue weighted by Gasteiger charge is -2.41. The van der Waals surface area contributed by atoms with Crippen molar-refractivity contribution in [1.29, 1.82) is 0 Å². The highest BCUT2D eigenvalue weighted by atomic mass is 16.6. The third-order valence-corrected chi connectivity index (χ3v) is 7.42. The maximum absolute atomic E-state index is 14.2. The molecule has 4 atom stereocenters. The van der Waals surface area contributed by atoms with Crippen LogP contribution in [-0.4, -0.2) is 91.3 Å². The van der Waals surface area contributed by atoms with Gasteiger partial charge < -0.3 is 24.4 Å². The summed E-state index contributed by atoms with van der Waals surface area (Å²) in [5, 5.41) is 2.90. The first kappa shape index (κ1) is 37.6. The van der Waals surface area contributed by atoms with E-state index < -0.39 is 59.1 Å². The van der Waals surface area contributed by atoms with E-state index in [9.17, 15) is 19.2 Å². The normalized spacial score (nSPS) is 15.2. The highest BCUT2D eigenvalue weighted by Crippen LogP contribution is 2.31. The molecule has 0 aromatic heterocycles. The lowest BCUT2D eigenvalue weighted by atomic mass is 9.76. The Morgan fingerprint density at radius 1 is 0.953 bits per heavy atom. The van der Waals surface area contributed by atoms with Crippen LogP contribution in [0.15, 0.2) is 42.0 Å². The Labute approximate surface area is 258 Å². The van der Waals surface area contributed by atoms with E-state index in [-0.39, 0.29) is 12.5 Å². The van der Waals surface area contributed by atoms with Crippen molar-refractivity contribution in [3.63, 3.8) is 0 Å². The number of nitrogens with zero attached hydrogens (tertiary/aromatic N) is 2. The Hall–Kier alpha value is -3.40. The van der Waals surface area contributed by atoms with Crippen molar-refractivity contribution in [2.24, 2.45) is 5.92 Å². The second kappa shape index (κ2) is 15.9. The lowest BCUT2D eigenvalue weighted by Crippen LogP contribution is -2.63. The van der Waals surface area contributed by atoms with E-state index in [4.69, 9.17) is 14.2 Å². The number of ether oxygens (including phenoxy) is 3. The molecule has 1 N–H and O–H groups in total. The molecule has 0 heterocycles. The van der Waals surface area contributed by atoms with E-state index >= 15 is 0 Å². The van der Waals surface area contributed by atoms with Crippen LogP contribution in [0.3, 0.4) is 0 Å². The van der Waals surface area contributed by atoms with Crippen molar-refractivity contribution >= 4 is 23.9 Å². The standard InChI is InChI=1S/C33H53N3O7/c1-14-42-30(39)22(4)20-25(21(2)3)35(11)29(38)26(23(5)41-13)34-28(37)27(36(12)31(40)43-32(6,7)8)33(9,10)24-18-16-15-17-19-24/h15-21,23,25-27H,14H2,1-13H3,(H,34,37)/t23?,25-,26+,27-/m1/s1. The van der Waals surface area contributed by atoms with Crippen LogP contribution < -0.4 is 5.32 Å². The fraction of sp³-hybridized carbons (Fsp3) is 0.636. The Balaban J connectivity index is 3.55. The largest absolute Gasteiger partial charge is 0.463 e. The molecule has 0 saturated heterocycles. The fourth-order valence-electron chi connectivity index (χ4n) is 4.89. The average molecular weight is 604 g/mol. The van der Waals surface area contributed by atoms with E-state index in [1.54, 1.807) is 54.7 Å². The highest BCUT2D eigenvalue weighted by Gasteiger charge is 2.45. The summed E-state index contributed by atoms with van der Waals surface area (Å²) in [7, 11) is 4.60. The summed E-state index contributed by atoms with van der Waals surface area (Å²) in [6, 6.07) is 6.77. The van der Waals surface area contributed by atoms with Gasteiger partial charge in [-0.2, -0.15) is 0 Å². The predicted molar refractivity (Wildman–Crippen MR) is 167 cm³/mol. The minimum Gasteiger partial charge on any atom is -0.463 e. The zero-order valence-corrected chi connectivity index (χ0v) is 28.3. The molecule has 10 heteroatoms. The first-order valence-electron chi connectivity index (χ1n) is 14.8. The molecule has 10 nitrogen and oxygen atoms in total. The monoisotopic (exact) mass is 603 g/mol. The van der Waals surface area contributed by atoms with Crippen LogP contribution in [0, 0.1) is 5.92 Å². The fourth-order valence-corrected chi connectivity index (χ4v) is 4.89. The van der Waals surface area contributed by atoms with Crippen LogP contribution in [0.2, 0.25) is 0 Å². The summed E-state index contributed by atoms with van der Waals surface area (Å²) in [6.45, 7) is 18.2. The smallest absolute Gasteiger partial charge is 0.410 e. The predicted octanol–water partition coefficient (Wildman–Crippen LogP) is 4.71. The summed E-state index contributed by atoms with van der Waals surface area (Å²) >= 11 is 0. The molecule has 0 spiro atoms. The van der Waals surface area contributed by atoms with Gasteiger partial charge in [0, 0.05) is 32.2 Å². The number of hydrogen-bond donors (Lipinski definition) is 1. The zero-order chi connectivity index (χ0) is 33.3. The van der Waals surface area contributed by atoms with Crippen molar-refractivity contribution in [2.45, 2.75) is 104 Å². The summed E-state index contributed by atoms with van der Waals surface area (Å²) in [5.41, 5.74) is -0.461. The molecule has 242 valence electrons. The Kier molecular flexibility index (Phi) is 13.9. The Bertz CT molecular complexity index is 1130. The van der Waals surface area contributed by atoms with E-state index in [1.165, 1.54) is 24.0 Å². The van der Waals surface area contributed by atoms with Crippen molar-refractivity contribution < 1.29 is 33.4 Å². The van der Waals surface area contributed by atoms with E-state index in [0.29, 0.717) is 5.57 Å². The quantitative estimate of drug-likeness (QED) is 0.257. The van der Waals surface area contributed by atoms with Crippen LogP contribution >= 0.6 is 0 Å². The first-order valence-corrected chi connectivity index (χ1v) is 14.8. The van der Waals surface area contributed by atoms with Gasteiger partial charge in [-0.05, 0) is 53.0 Å². The van der Waals surface area contributed by atoms with Crippen molar-refractivity contribution in [3.05, 3.63) is 47.5 Å². The van der Waals surface area contributed by atoms with E-state index in [0.717, 1.165) is 5.56 Å². The van der Waals surface area contributed by atoms with Crippen molar-refractivity contribution in [2.75, 3.05) is 27.8 Å². The second-order valence-electron chi connectivity index (χ2n) is 12.8. The maximum Gasteiger partial charge on any atom is 0.410 e. The van der Waals surface area contributed by atoms with Gasteiger partial charge in [0.15, 0.2) is 0 Å². The number of nitrogens with one attached hydrogen (secondary N) is 1. The molecule has 0 aliphatic rings. The molecule has 1 aromatic carbocycles. The molecule has 1 unspecified atom stereocenters. The molecule has 1 aromatic rings. The molecule has 43 heavy (non-hydrogen) atoms. The number of likely N-dealkylation sites (N-methyl/N-ethyl adjacent to an activating group) is 2. The number of hydrogen-bond acceptors (Lipinski definition) is 7.